The van der Waals surface area contributed by atoms with Gasteiger partial charge in [-0.15, -0.1) is 0 Å². The number of carbonyl (C=O) groups excluding carboxylic acids is 1. The van der Waals surface area contributed by atoms with Gasteiger partial charge in [0.2, 0.25) is 0 Å². The van der Waals surface area contributed by atoms with Crippen molar-refractivity contribution in [3.05, 3.63) is 121 Å². The van der Waals surface area contributed by atoms with Gasteiger partial charge in [-0.05, 0) is 55.3 Å². The fourth-order valence-electron chi connectivity index (χ4n) is 4.66. The molecular formula is C32H26FN3O5S. The quantitative estimate of drug-likeness (QED) is 0.271. The monoisotopic (exact) mass is 583 g/mol. The van der Waals surface area contributed by atoms with Crippen LogP contribution in [-0.4, -0.2) is 30.4 Å². The van der Waals surface area contributed by atoms with E-state index in [-0.39, 0.29) is 24.3 Å². The summed E-state index contributed by atoms with van der Waals surface area (Å²) in [5.41, 5.74) is 2.08. The smallest absolute Gasteiger partial charge is 0.338 e. The Hall–Kier alpha value is -5.01. The molecule has 0 N–H and O–H groups in total. The molecule has 0 radical (unpaired) electrons. The normalized spacial score (nSPS) is 14.5. The van der Waals surface area contributed by atoms with E-state index in [4.69, 9.17) is 24.5 Å². The standard InChI is InChI=1S/C32H26FN3O5S/c1-3-39-25-18-20(10-15-24(25)41-17-16-34)19-26-30(37)36-29(22-11-13-23(33)14-12-22)27(31(38)40-4-2)28(35-32(36)42-26)21-8-6-5-7-9-21/h5-15,18-19,29H,3-4,17H2,1-2H3. The van der Waals surface area contributed by atoms with Gasteiger partial charge < -0.3 is 14.2 Å². The number of hydrogen-bond donors (Lipinski definition) is 0. The van der Waals surface area contributed by atoms with Crippen LogP contribution in [0.1, 0.15) is 36.6 Å². The summed E-state index contributed by atoms with van der Waals surface area (Å²) in [5, 5.41) is 8.88. The molecule has 0 fully saturated rings. The minimum Gasteiger partial charge on any atom is -0.490 e. The van der Waals surface area contributed by atoms with Crippen LogP contribution in [0, 0.1) is 17.1 Å². The number of nitrogens with zero attached hydrogens (tertiary/aromatic N) is 3. The van der Waals surface area contributed by atoms with E-state index in [1.54, 1.807) is 43.3 Å². The number of esters is 1. The van der Waals surface area contributed by atoms with Gasteiger partial charge in [-0.1, -0.05) is 59.9 Å². The van der Waals surface area contributed by atoms with E-state index in [2.05, 4.69) is 0 Å². The van der Waals surface area contributed by atoms with Gasteiger partial charge in [0.05, 0.1) is 35.1 Å². The van der Waals surface area contributed by atoms with Gasteiger partial charge in [0, 0.05) is 5.56 Å². The summed E-state index contributed by atoms with van der Waals surface area (Å²) < 4.78 is 32.4. The summed E-state index contributed by atoms with van der Waals surface area (Å²) in [4.78, 5) is 32.7. The van der Waals surface area contributed by atoms with Crippen molar-refractivity contribution in [2.75, 3.05) is 19.8 Å². The van der Waals surface area contributed by atoms with E-state index < -0.39 is 17.8 Å². The lowest BCUT2D eigenvalue weighted by molar-refractivity contribution is -0.138. The van der Waals surface area contributed by atoms with Gasteiger partial charge in [0.25, 0.3) is 5.56 Å². The highest BCUT2D eigenvalue weighted by Crippen LogP contribution is 2.35. The Morgan fingerprint density at radius 2 is 1.81 bits per heavy atom. The number of aromatic nitrogens is 1. The molecule has 8 nitrogen and oxygen atoms in total. The number of rotatable bonds is 9. The van der Waals surface area contributed by atoms with Gasteiger partial charge in [0.15, 0.2) is 22.9 Å². The van der Waals surface area contributed by atoms with Crippen molar-refractivity contribution in [3.8, 4) is 17.6 Å². The fourth-order valence-corrected chi connectivity index (χ4v) is 5.67. The summed E-state index contributed by atoms with van der Waals surface area (Å²) in [6.07, 6.45) is 1.71. The van der Waals surface area contributed by atoms with Gasteiger partial charge in [-0.2, -0.15) is 5.26 Å². The van der Waals surface area contributed by atoms with Crippen LogP contribution in [0.2, 0.25) is 0 Å². The van der Waals surface area contributed by atoms with Crippen molar-refractivity contribution in [2.24, 2.45) is 4.99 Å². The van der Waals surface area contributed by atoms with Gasteiger partial charge in [-0.25, -0.2) is 14.2 Å². The largest absolute Gasteiger partial charge is 0.490 e. The third kappa shape index (κ3) is 5.73. The zero-order valence-electron chi connectivity index (χ0n) is 22.9. The van der Waals surface area contributed by atoms with Crippen LogP contribution in [0.3, 0.4) is 0 Å². The van der Waals surface area contributed by atoms with E-state index in [9.17, 15) is 14.0 Å². The first-order valence-corrected chi connectivity index (χ1v) is 14.1. The molecule has 0 bridgehead atoms. The van der Waals surface area contributed by atoms with E-state index in [1.807, 2.05) is 43.3 Å². The third-order valence-electron chi connectivity index (χ3n) is 6.42. The fraction of sp³-hybridized carbons (Fsp3) is 0.188. The summed E-state index contributed by atoms with van der Waals surface area (Å²) >= 11 is 1.17. The van der Waals surface area contributed by atoms with Crippen LogP contribution in [-0.2, 0) is 9.53 Å². The van der Waals surface area contributed by atoms with E-state index >= 15 is 0 Å². The van der Waals surface area contributed by atoms with Crippen LogP contribution in [0.15, 0.2) is 88.2 Å². The van der Waals surface area contributed by atoms with E-state index in [0.717, 1.165) is 0 Å². The van der Waals surface area contributed by atoms with Crippen LogP contribution in [0.25, 0.3) is 11.8 Å². The van der Waals surface area contributed by atoms with Crippen LogP contribution < -0.4 is 24.4 Å². The minimum atomic E-state index is -0.904. The topological polar surface area (TPSA) is 103 Å². The third-order valence-corrected chi connectivity index (χ3v) is 7.40. The maximum Gasteiger partial charge on any atom is 0.338 e. The maximum absolute atomic E-state index is 14.0. The number of nitriles is 1. The minimum absolute atomic E-state index is 0.126. The molecule has 0 spiro atoms. The van der Waals surface area contributed by atoms with Gasteiger partial charge >= 0.3 is 5.97 Å². The number of carbonyl (C=O) groups is 1. The van der Waals surface area contributed by atoms with Crippen molar-refractivity contribution in [3.63, 3.8) is 0 Å². The van der Waals surface area contributed by atoms with Gasteiger partial charge in [-0.3, -0.25) is 9.36 Å². The Labute approximate surface area is 244 Å². The number of fused-ring (bicyclic) bond motifs is 1. The second-order valence-corrected chi connectivity index (χ2v) is 10.1. The van der Waals surface area contributed by atoms with Crippen LogP contribution in [0.5, 0.6) is 11.5 Å². The van der Waals surface area contributed by atoms with Crippen LogP contribution >= 0.6 is 11.3 Å². The van der Waals surface area contributed by atoms with Gasteiger partial charge in [0.1, 0.15) is 11.9 Å². The molecule has 1 atom stereocenters. The highest BCUT2D eigenvalue weighted by molar-refractivity contribution is 7.07. The first kappa shape index (κ1) is 28.5. The molecule has 42 heavy (non-hydrogen) atoms. The zero-order valence-corrected chi connectivity index (χ0v) is 23.7. The molecule has 1 aliphatic heterocycles. The predicted octanol–water partition coefficient (Wildman–Crippen LogP) is 4.38. The van der Waals surface area contributed by atoms with Crippen molar-refractivity contribution < 1.29 is 23.4 Å². The Morgan fingerprint density at radius 3 is 2.50 bits per heavy atom. The SMILES string of the molecule is CCOC(=O)C1=C(c2ccccc2)N=c2sc(=Cc3ccc(OCC#N)c(OCC)c3)c(=O)n2C1c1ccc(F)cc1. The lowest BCUT2D eigenvalue weighted by Crippen LogP contribution is -2.40. The molecule has 0 aliphatic carbocycles. The Balaban J connectivity index is 1.74. The first-order valence-electron chi connectivity index (χ1n) is 13.3. The highest BCUT2D eigenvalue weighted by atomic mass is 32.1. The molecule has 0 saturated heterocycles. The molecule has 2 heterocycles. The second kappa shape index (κ2) is 12.7. The molecule has 212 valence electrons. The molecule has 1 aromatic heterocycles. The molecular weight excluding hydrogens is 557 g/mol. The average Bonchev–Trinajstić information content (AvgIpc) is 3.31. The molecule has 10 heteroatoms. The Morgan fingerprint density at radius 1 is 1.05 bits per heavy atom. The van der Waals surface area contributed by atoms with E-state index in [0.29, 0.717) is 49.8 Å². The zero-order chi connectivity index (χ0) is 29.6. The molecule has 0 saturated carbocycles. The Kier molecular flexibility index (Phi) is 8.60. The lowest BCUT2D eigenvalue weighted by atomic mass is 9.93. The second-order valence-electron chi connectivity index (χ2n) is 9.07. The number of benzene rings is 3. The summed E-state index contributed by atoms with van der Waals surface area (Å²) in [6, 6.07) is 21.1. The molecule has 1 aliphatic rings. The van der Waals surface area contributed by atoms with Crippen molar-refractivity contribution in [1.82, 2.24) is 4.57 Å². The maximum atomic E-state index is 14.0. The summed E-state index contributed by atoms with van der Waals surface area (Å²) in [5.74, 6) is -0.198. The number of ether oxygens (including phenoxy) is 3. The summed E-state index contributed by atoms with van der Waals surface area (Å²) in [7, 11) is 0. The molecule has 4 aromatic rings. The first-order chi connectivity index (χ1) is 20.4. The summed E-state index contributed by atoms with van der Waals surface area (Å²) in [6.45, 7) is 3.91. The molecule has 1 unspecified atom stereocenters. The number of halogens is 1. The molecule has 5 rings (SSSR count). The predicted molar refractivity (Wildman–Crippen MR) is 156 cm³/mol. The molecule has 3 aromatic carbocycles. The highest BCUT2D eigenvalue weighted by Gasteiger charge is 2.35. The van der Waals surface area contributed by atoms with Crippen molar-refractivity contribution in [2.45, 2.75) is 19.9 Å². The Bertz CT molecular complexity index is 1870. The average molecular weight is 584 g/mol. The lowest BCUT2D eigenvalue weighted by Gasteiger charge is -2.25. The van der Waals surface area contributed by atoms with Crippen molar-refractivity contribution in [1.29, 1.82) is 5.26 Å². The van der Waals surface area contributed by atoms with Crippen LogP contribution in [0.4, 0.5) is 4.39 Å². The number of hydrogen-bond acceptors (Lipinski definition) is 8. The van der Waals surface area contributed by atoms with Crippen molar-refractivity contribution >= 4 is 29.1 Å². The van der Waals surface area contributed by atoms with E-state index in [1.165, 1.54) is 28.0 Å². The molecule has 0 amide bonds. The number of thiazole rings is 1.